The molecule has 0 aromatic carbocycles. The number of rotatable bonds is 5. The molecule has 2 aromatic rings. The second-order valence-corrected chi connectivity index (χ2v) is 7.07. The van der Waals surface area contributed by atoms with Gasteiger partial charge in [-0.2, -0.15) is 10.4 Å². The van der Waals surface area contributed by atoms with Crippen LogP contribution in [-0.2, 0) is 0 Å². The number of hydrogen-bond acceptors (Lipinski definition) is 7. The van der Waals surface area contributed by atoms with E-state index in [1.165, 1.54) is 0 Å². The predicted octanol–water partition coefficient (Wildman–Crippen LogP) is 2.68. The first-order valence-corrected chi connectivity index (χ1v) is 8.45. The van der Waals surface area contributed by atoms with Gasteiger partial charge in [0.25, 0.3) is 0 Å². The molecule has 0 saturated heterocycles. The molecule has 1 aliphatic rings. The van der Waals surface area contributed by atoms with Crippen LogP contribution in [0.4, 0.5) is 0 Å². The molecule has 0 spiro atoms. The average molecular weight is 332 g/mol. The lowest BCUT2D eigenvalue weighted by molar-refractivity contribution is 0.374. The molecule has 0 unspecified atom stereocenters. The third-order valence-electron chi connectivity index (χ3n) is 4.11. The Hall–Kier alpha value is -1.82. The van der Waals surface area contributed by atoms with E-state index in [-0.39, 0.29) is 0 Å². The van der Waals surface area contributed by atoms with Gasteiger partial charge in [-0.05, 0) is 39.8 Å². The molecule has 2 heterocycles. The van der Waals surface area contributed by atoms with Crippen LogP contribution in [-0.4, -0.2) is 39.8 Å². The van der Waals surface area contributed by atoms with E-state index in [1.807, 2.05) is 14.1 Å². The minimum Gasteiger partial charge on any atom is -0.355 e. The first kappa shape index (κ1) is 16.1. The van der Waals surface area contributed by atoms with E-state index in [4.69, 9.17) is 4.52 Å². The summed E-state index contributed by atoms with van der Waals surface area (Å²) in [5, 5.41) is 20.5. The Labute approximate surface area is 139 Å². The molecule has 8 heteroatoms. The number of aromatic amines is 1. The van der Waals surface area contributed by atoms with E-state index < -0.39 is 0 Å². The van der Waals surface area contributed by atoms with Gasteiger partial charge >= 0.3 is 0 Å². The highest BCUT2D eigenvalue weighted by molar-refractivity contribution is 7.95. The van der Waals surface area contributed by atoms with Crippen LogP contribution in [0.2, 0.25) is 0 Å². The van der Waals surface area contributed by atoms with Gasteiger partial charge in [0.1, 0.15) is 17.3 Å². The van der Waals surface area contributed by atoms with Crippen LogP contribution >= 0.6 is 12.1 Å². The van der Waals surface area contributed by atoms with Crippen LogP contribution in [0, 0.1) is 11.3 Å². The molecule has 1 saturated carbocycles. The summed E-state index contributed by atoms with van der Waals surface area (Å²) in [6, 6.07) is 4.51. The lowest BCUT2D eigenvalue weighted by Crippen LogP contribution is -2.30. The predicted molar refractivity (Wildman–Crippen MR) is 88.2 cm³/mol. The summed E-state index contributed by atoms with van der Waals surface area (Å²) < 4.78 is 10.7. The number of nitrogens with zero attached hydrogens (tertiary/aromatic N) is 4. The molecule has 1 fully saturated rings. The van der Waals surface area contributed by atoms with Crippen molar-refractivity contribution in [2.45, 2.75) is 37.6 Å². The average Bonchev–Trinajstić information content (AvgIpc) is 3.21. The van der Waals surface area contributed by atoms with E-state index in [2.05, 4.69) is 30.5 Å². The summed E-state index contributed by atoms with van der Waals surface area (Å²) in [7, 11) is 4.05. The summed E-state index contributed by atoms with van der Waals surface area (Å²) in [5.41, 5.74) is 2.07. The zero-order valence-electron chi connectivity index (χ0n) is 13.2. The maximum Gasteiger partial charge on any atom is 0.188 e. The third kappa shape index (κ3) is 3.58. The lowest BCUT2D eigenvalue weighted by Gasteiger charge is -2.29. The number of nitriles is 1. The molecule has 0 bridgehead atoms. The van der Waals surface area contributed by atoms with Crippen LogP contribution in [0.3, 0.4) is 0 Å². The summed E-state index contributed by atoms with van der Waals surface area (Å²) in [5.74, 6) is 0.873. The Morgan fingerprint density at radius 2 is 2.17 bits per heavy atom. The van der Waals surface area contributed by atoms with Crippen molar-refractivity contribution in [1.82, 2.24) is 24.4 Å². The minimum absolute atomic E-state index is 0.344. The third-order valence-corrected chi connectivity index (χ3v) is 4.92. The molecule has 0 atom stereocenters. The largest absolute Gasteiger partial charge is 0.355 e. The second-order valence-electron chi connectivity index (χ2n) is 5.92. The van der Waals surface area contributed by atoms with Gasteiger partial charge in [0.15, 0.2) is 5.76 Å². The van der Waals surface area contributed by atoms with E-state index >= 15 is 0 Å². The molecule has 23 heavy (non-hydrogen) atoms. The van der Waals surface area contributed by atoms with Gasteiger partial charge in [-0.15, -0.1) is 0 Å². The molecule has 1 aliphatic carbocycles. The van der Waals surface area contributed by atoms with Gasteiger partial charge in [0.05, 0.1) is 11.9 Å². The zero-order chi connectivity index (χ0) is 16.2. The first-order valence-electron chi connectivity index (χ1n) is 7.68. The van der Waals surface area contributed by atoms with Gasteiger partial charge in [0, 0.05) is 30.2 Å². The first-order chi connectivity index (χ1) is 11.2. The fourth-order valence-corrected chi connectivity index (χ4v) is 3.56. The molecule has 0 aliphatic heterocycles. The SMILES string of the molecule is CN(C)SNC1CCC(c2[nH]nc(-c3ccno3)c2C#N)CC1. The van der Waals surface area contributed by atoms with Crippen molar-refractivity contribution < 1.29 is 4.52 Å². The molecular weight excluding hydrogens is 312 g/mol. The van der Waals surface area contributed by atoms with E-state index in [0.29, 0.717) is 29.0 Å². The Bertz CT molecular complexity index is 667. The van der Waals surface area contributed by atoms with Crippen molar-refractivity contribution in [2.75, 3.05) is 14.1 Å². The lowest BCUT2D eigenvalue weighted by atomic mass is 9.83. The van der Waals surface area contributed by atoms with Crippen molar-refractivity contribution in [3.8, 4) is 17.5 Å². The van der Waals surface area contributed by atoms with E-state index in [0.717, 1.165) is 31.4 Å². The van der Waals surface area contributed by atoms with Gasteiger partial charge in [0.2, 0.25) is 0 Å². The van der Waals surface area contributed by atoms with Crippen LogP contribution in [0.25, 0.3) is 11.5 Å². The summed E-state index contributed by atoms with van der Waals surface area (Å²) in [4.78, 5) is 0. The molecule has 122 valence electrons. The van der Waals surface area contributed by atoms with Crippen molar-refractivity contribution in [3.63, 3.8) is 0 Å². The fraction of sp³-hybridized carbons (Fsp3) is 0.533. The molecule has 0 amide bonds. The highest BCUT2D eigenvalue weighted by Gasteiger charge is 2.28. The number of nitrogens with one attached hydrogen (secondary N) is 2. The van der Waals surface area contributed by atoms with Crippen molar-refractivity contribution >= 4 is 12.1 Å². The molecular formula is C15H20N6OS. The minimum atomic E-state index is 0.344. The number of H-pyrrole nitrogens is 1. The quantitative estimate of drug-likeness (QED) is 0.813. The molecule has 0 radical (unpaired) electrons. The Balaban J connectivity index is 1.68. The van der Waals surface area contributed by atoms with Crippen LogP contribution in [0.1, 0.15) is 42.9 Å². The second kappa shape index (κ2) is 7.17. The van der Waals surface area contributed by atoms with Gasteiger partial charge in [-0.1, -0.05) is 5.16 Å². The van der Waals surface area contributed by atoms with E-state index in [9.17, 15) is 5.26 Å². The maximum atomic E-state index is 9.52. The Kier molecular flexibility index (Phi) is 5.00. The van der Waals surface area contributed by atoms with Gasteiger partial charge in [-0.25, -0.2) is 9.03 Å². The van der Waals surface area contributed by atoms with Gasteiger partial charge < -0.3 is 4.52 Å². The molecule has 2 N–H and O–H groups in total. The van der Waals surface area contributed by atoms with Crippen molar-refractivity contribution in [3.05, 3.63) is 23.5 Å². The number of hydrogen-bond donors (Lipinski definition) is 2. The topological polar surface area (TPSA) is 93.8 Å². The standard InChI is InChI=1S/C15H20N6OS/c1-21(2)23-20-11-5-3-10(4-6-11)14-12(9-16)15(19-18-14)13-7-8-17-22-13/h7-8,10-11,20H,3-6H2,1-2H3,(H,18,19). The Morgan fingerprint density at radius 3 is 2.78 bits per heavy atom. The maximum absolute atomic E-state index is 9.52. The molecule has 2 aromatic heterocycles. The summed E-state index contributed by atoms with van der Waals surface area (Å²) in [6.07, 6.45) is 5.82. The summed E-state index contributed by atoms with van der Waals surface area (Å²) >= 11 is 1.64. The monoisotopic (exact) mass is 332 g/mol. The highest BCUT2D eigenvalue weighted by Crippen LogP contribution is 2.36. The van der Waals surface area contributed by atoms with Crippen LogP contribution in [0.5, 0.6) is 0 Å². The zero-order valence-corrected chi connectivity index (χ0v) is 14.1. The smallest absolute Gasteiger partial charge is 0.188 e. The number of aromatic nitrogens is 3. The molecule has 7 nitrogen and oxygen atoms in total. The summed E-state index contributed by atoms with van der Waals surface area (Å²) in [6.45, 7) is 0. The van der Waals surface area contributed by atoms with Crippen LogP contribution in [0.15, 0.2) is 16.8 Å². The van der Waals surface area contributed by atoms with Crippen molar-refractivity contribution in [2.24, 2.45) is 0 Å². The highest BCUT2D eigenvalue weighted by atomic mass is 32.2. The normalized spacial score (nSPS) is 21.5. The fourth-order valence-electron chi connectivity index (χ4n) is 2.96. The van der Waals surface area contributed by atoms with Gasteiger partial charge in [-0.3, -0.25) is 5.10 Å². The van der Waals surface area contributed by atoms with E-state index in [1.54, 1.807) is 24.4 Å². The van der Waals surface area contributed by atoms with Crippen molar-refractivity contribution in [1.29, 1.82) is 5.26 Å². The molecule has 3 rings (SSSR count). The van der Waals surface area contributed by atoms with Crippen LogP contribution < -0.4 is 4.72 Å². The Morgan fingerprint density at radius 1 is 1.39 bits per heavy atom.